The molecule has 2 atom stereocenters. The smallest absolute Gasteiger partial charge is 0.238 e. The number of hydrogen-bond acceptors (Lipinski definition) is 4. The predicted octanol–water partition coefficient (Wildman–Crippen LogP) is 0.468. The first-order chi connectivity index (χ1) is 9.86. The number of amides is 1. The van der Waals surface area contributed by atoms with Crippen molar-refractivity contribution in [2.24, 2.45) is 16.8 Å². The predicted molar refractivity (Wildman–Crippen MR) is 79.6 cm³/mol. The lowest BCUT2D eigenvalue weighted by Gasteiger charge is -2.25. The number of nitrogens with two attached hydrogens (primary N) is 2. The minimum atomic E-state index is -3.72. The van der Waals surface area contributed by atoms with Crippen molar-refractivity contribution in [3.05, 3.63) is 29.8 Å². The highest BCUT2D eigenvalue weighted by molar-refractivity contribution is 7.89. The molecule has 2 unspecified atom stereocenters. The van der Waals surface area contributed by atoms with E-state index in [1.807, 2.05) is 0 Å². The summed E-state index contributed by atoms with van der Waals surface area (Å²) in [4.78, 5) is 12.1. The molecule has 0 spiro atoms. The van der Waals surface area contributed by atoms with Crippen LogP contribution in [0, 0.1) is 5.92 Å². The largest absolute Gasteiger partial charge is 0.352 e. The Morgan fingerprint density at radius 3 is 2.76 bits per heavy atom. The van der Waals surface area contributed by atoms with Crippen LogP contribution in [0.5, 0.6) is 0 Å². The molecule has 1 aliphatic rings. The number of benzene rings is 1. The quantitative estimate of drug-likeness (QED) is 0.749. The van der Waals surface area contributed by atoms with Crippen LogP contribution in [0.25, 0.3) is 0 Å². The zero-order valence-electron chi connectivity index (χ0n) is 11.8. The van der Waals surface area contributed by atoms with E-state index in [1.54, 1.807) is 12.1 Å². The van der Waals surface area contributed by atoms with Crippen LogP contribution in [0.15, 0.2) is 29.2 Å². The molecule has 0 heterocycles. The second kappa shape index (κ2) is 6.55. The normalized spacial score (nSPS) is 22.8. The van der Waals surface area contributed by atoms with E-state index < -0.39 is 10.0 Å². The average Bonchev–Trinajstić information content (AvgIpc) is 2.44. The summed E-state index contributed by atoms with van der Waals surface area (Å²) in [6.07, 6.45) is 3.51. The van der Waals surface area contributed by atoms with Gasteiger partial charge in [0.15, 0.2) is 0 Å². The number of carbonyl (C=O) groups is 1. The Hall–Kier alpha value is -1.44. The molecule has 0 bridgehead atoms. The van der Waals surface area contributed by atoms with Crippen LogP contribution in [0.2, 0.25) is 0 Å². The van der Waals surface area contributed by atoms with E-state index in [-0.39, 0.29) is 29.3 Å². The number of rotatable bonds is 4. The lowest BCUT2D eigenvalue weighted by molar-refractivity contribution is -0.126. The van der Waals surface area contributed by atoms with E-state index in [0.29, 0.717) is 12.0 Å². The van der Waals surface area contributed by atoms with Crippen LogP contribution in [-0.4, -0.2) is 20.4 Å². The number of primary sulfonamides is 1. The van der Waals surface area contributed by atoms with Crippen molar-refractivity contribution < 1.29 is 13.2 Å². The SMILES string of the molecule is NC1CCCC(C(=O)NCc2cccc(S(N)(=O)=O)c2)C1. The molecule has 1 fully saturated rings. The van der Waals surface area contributed by atoms with Crippen LogP contribution in [0.4, 0.5) is 0 Å². The molecule has 21 heavy (non-hydrogen) atoms. The first-order valence-corrected chi connectivity index (χ1v) is 8.56. The maximum absolute atomic E-state index is 12.1. The highest BCUT2D eigenvalue weighted by Gasteiger charge is 2.25. The van der Waals surface area contributed by atoms with E-state index in [4.69, 9.17) is 10.9 Å². The van der Waals surface area contributed by atoms with Crippen molar-refractivity contribution in [1.82, 2.24) is 5.32 Å². The molecule has 1 aromatic rings. The Morgan fingerprint density at radius 1 is 1.33 bits per heavy atom. The molecule has 5 N–H and O–H groups in total. The molecular formula is C14H21N3O3S. The van der Waals surface area contributed by atoms with Crippen LogP contribution in [-0.2, 0) is 21.4 Å². The fourth-order valence-electron chi connectivity index (χ4n) is 2.63. The van der Waals surface area contributed by atoms with Gasteiger partial charge in [0.1, 0.15) is 0 Å². The zero-order chi connectivity index (χ0) is 15.5. The molecule has 1 saturated carbocycles. The van der Waals surface area contributed by atoms with Crippen LogP contribution in [0.1, 0.15) is 31.2 Å². The summed E-state index contributed by atoms with van der Waals surface area (Å²) in [7, 11) is -3.72. The fourth-order valence-corrected chi connectivity index (χ4v) is 3.22. The molecule has 1 amide bonds. The lowest BCUT2D eigenvalue weighted by Crippen LogP contribution is -2.37. The maximum atomic E-state index is 12.1. The minimum absolute atomic E-state index is 0.0221. The van der Waals surface area contributed by atoms with Crippen molar-refractivity contribution >= 4 is 15.9 Å². The zero-order valence-corrected chi connectivity index (χ0v) is 12.6. The van der Waals surface area contributed by atoms with E-state index in [2.05, 4.69) is 5.32 Å². The Kier molecular flexibility index (Phi) is 4.97. The van der Waals surface area contributed by atoms with Gasteiger partial charge in [-0.25, -0.2) is 13.6 Å². The number of hydrogen-bond donors (Lipinski definition) is 3. The van der Waals surface area contributed by atoms with Gasteiger partial charge in [-0.05, 0) is 37.0 Å². The van der Waals surface area contributed by atoms with Gasteiger partial charge in [-0.15, -0.1) is 0 Å². The molecule has 0 aromatic heterocycles. The molecule has 2 rings (SSSR count). The van der Waals surface area contributed by atoms with Crippen LogP contribution in [0.3, 0.4) is 0 Å². The molecule has 6 nitrogen and oxygen atoms in total. The summed E-state index contributed by atoms with van der Waals surface area (Å²) in [5, 5.41) is 7.92. The van der Waals surface area contributed by atoms with Gasteiger partial charge in [0.25, 0.3) is 0 Å². The third kappa shape index (κ3) is 4.52. The first kappa shape index (κ1) is 15.9. The Labute approximate surface area is 124 Å². The van der Waals surface area contributed by atoms with Crippen molar-refractivity contribution in [1.29, 1.82) is 0 Å². The second-order valence-corrected chi connectivity index (χ2v) is 7.10. The first-order valence-electron chi connectivity index (χ1n) is 7.01. The Bertz CT molecular complexity index is 616. The lowest BCUT2D eigenvalue weighted by atomic mass is 9.85. The van der Waals surface area contributed by atoms with Gasteiger partial charge in [-0.1, -0.05) is 18.6 Å². The molecule has 0 aliphatic heterocycles. The van der Waals surface area contributed by atoms with Gasteiger partial charge >= 0.3 is 0 Å². The molecular weight excluding hydrogens is 290 g/mol. The number of nitrogens with one attached hydrogen (secondary N) is 1. The summed E-state index contributed by atoms with van der Waals surface area (Å²) in [6.45, 7) is 0.286. The van der Waals surface area contributed by atoms with Crippen molar-refractivity contribution in [3.8, 4) is 0 Å². The Morgan fingerprint density at radius 2 is 2.10 bits per heavy atom. The number of carbonyl (C=O) groups excluding carboxylic acids is 1. The number of sulfonamides is 1. The summed E-state index contributed by atoms with van der Waals surface area (Å²) in [6, 6.07) is 6.36. The highest BCUT2D eigenvalue weighted by atomic mass is 32.2. The molecule has 0 saturated heterocycles. The van der Waals surface area contributed by atoms with E-state index in [0.717, 1.165) is 19.3 Å². The third-order valence-corrected chi connectivity index (χ3v) is 4.69. The standard InChI is InChI=1S/C14H21N3O3S/c15-12-5-2-4-11(8-12)14(18)17-9-10-3-1-6-13(7-10)21(16,19)20/h1,3,6-7,11-12H,2,4-5,8-9,15H2,(H,17,18)(H2,16,19,20). The molecule has 7 heteroatoms. The van der Waals surface area contributed by atoms with Crippen LogP contribution >= 0.6 is 0 Å². The maximum Gasteiger partial charge on any atom is 0.238 e. The topological polar surface area (TPSA) is 115 Å². The molecule has 0 radical (unpaired) electrons. The minimum Gasteiger partial charge on any atom is -0.352 e. The van der Waals surface area contributed by atoms with E-state index >= 15 is 0 Å². The third-order valence-electron chi connectivity index (χ3n) is 3.78. The summed E-state index contributed by atoms with van der Waals surface area (Å²) in [5.74, 6) is -0.0682. The van der Waals surface area contributed by atoms with Crippen molar-refractivity contribution in [2.45, 2.75) is 43.2 Å². The molecule has 116 valence electrons. The summed E-state index contributed by atoms with van der Waals surface area (Å²) >= 11 is 0. The van der Waals surface area contributed by atoms with Gasteiger partial charge in [-0.3, -0.25) is 4.79 Å². The van der Waals surface area contributed by atoms with Gasteiger partial charge in [0.05, 0.1) is 4.90 Å². The van der Waals surface area contributed by atoms with Crippen molar-refractivity contribution in [3.63, 3.8) is 0 Å². The van der Waals surface area contributed by atoms with Gasteiger partial charge in [0.2, 0.25) is 15.9 Å². The second-order valence-electron chi connectivity index (χ2n) is 5.53. The fraction of sp³-hybridized carbons (Fsp3) is 0.500. The Balaban J connectivity index is 1.95. The van der Waals surface area contributed by atoms with Gasteiger partial charge in [-0.2, -0.15) is 0 Å². The van der Waals surface area contributed by atoms with E-state index in [1.165, 1.54) is 12.1 Å². The molecule has 1 aromatic carbocycles. The molecule has 1 aliphatic carbocycles. The van der Waals surface area contributed by atoms with Crippen LogP contribution < -0.4 is 16.2 Å². The summed E-state index contributed by atoms with van der Waals surface area (Å²) < 4.78 is 22.6. The van der Waals surface area contributed by atoms with Crippen molar-refractivity contribution in [2.75, 3.05) is 0 Å². The summed E-state index contributed by atoms with van der Waals surface area (Å²) in [5.41, 5.74) is 6.58. The van der Waals surface area contributed by atoms with E-state index in [9.17, 15) is 13.2 Å². The highest BCUT2D eigenvalue weighted by Crippen LogP contribution is 2.23. The van der Waals surface area contributed by atoms with Gasteiger partial charge < -0.3 is 11.1 Å². The van der Waals surface area contributed by atoms with Gasteiger partial charge in [0, 0.05) is 18.5 Å². The average molecular weight is 311 g/mol. The monoisotopic (exact) mass is 311 g/mol.